The topological polar surface area (TPSA) is 74.6 Å². The van der Waals surface area contributed by atoms with Gasteiger partial charge in [0.2, 0.25) is 0 Å². The molecule has 2 N–H and O–H groups in total. The van der Waals surface area contributed by atoms with Crippen LogP contribution in [0.4, 0.5) is 0 Å². The lowest BCUT2D eigenvalue weighted by Gasteiger charge is -1.90. The van der Waals surface area contributed by atoms with Gasteiger partial charge >= 0.3 is 11.9 Å². The SMILES string of the molecule is CC(C=C/C=C(/C)C(=O)O)=C/C=C/C=C(C)/C=C/C=C(\C)C(=O)O. The van der Waals surface area contributed by atoms with E-state index in [0.29, 0.717) is 0 Å². The van der Waals surface area contributed by atoms with Crippen LogP contribution in [0.5, 0.6) is 0 Å². The van der Waals surface area contributed by atoms with Crippen LogP contribution in [0.3, 0.4) is 0 Å². The molecule has 4 nitrogen and oxygen atoms in total. The van der Waals surface area contributed by atoms with Gasteiger partial charge in [0.05, 0.1) is 0 Å². The highest BCUT2D eigenvalue weighted by Gasteiger charge is 1.96. The average molecular weight is 328 g/mol. The van der Waals surface area contributed by atoms with Crippen molar-refractivity contribution in [3.05, 3.63) is 83.1 Å². The van der Waals surface area contributed by atoms with Crippen molar-refractivity contribution >= 4 is 11.9 Å². The Bertz CT molecular complexity index is 608. The van der Waals surface area contributed by atoms with Gasteiger partial charge in [-0.25, -0.2) is 9.59 Å². The fourth-order valence-electron chi connectivity index (χ4n) is 1.36. The van der Waals surface area contributed by atoms with Gasteiger partial charge in [0, 0.05) is 11.1 Å². The lowest BCUT2D eigenvalue weighted by atomic mass is 10.2. The summed E-state index contributed by atoms with van der Waals surface area (Å²) in [5.74, 6) is -1.86. The summed E-state index contributed by atoms with van der Waals surface area (Å²) in [5.41, 5.74) is 2.55. The van der Waals surface area contributed by atoms with Crippen LogP contribution in [-0.2, 0) is 9.59 Å². The molecular weight excluding hydrogens is 304 g/mol. The molecule has 24 heavy (non-hydrogen) atoms. The molecule has 0 aliphatic heterocycles. The van der Waals surface area contributed by atoms with Gasteiger partial charge in [-0.2, -0.15) is 0 Å². The van der Waals surface area contributed by atoms with Gasteiger partial charge in [0.15, 0.2) is 0 Å². The second kappa shape index (κ2) is 11.7. The van der Waals surface area contributed by atoms with Crippen molar-refractivity contribution < 1.29 is 19.8 Å². The first-order chi connectivity index (χ1) is 11.2. The summed E-state index contributed by atoms with van der Waals surface area (Å²) < 4.78 is 0. The van der Waals surface area contributed by atoms with E-state index in [2.05, 4.69) is 0 Å². The molecule has 0 aliphatic carbocycles. The summed E-state index contributed by atoms with van der Waals surface area (Å²) in [7, 11) is 0. The number of hydrogen-bond acceptors (Lipinski definition) is 2. The molecule has 0 rings (SSSR count). The number of allylic oxidation sites excluding steroid dienone is 12. The summed E-state index contributed by atoms with van der Waals surface area (Å²) in [6, 6.07) is 0. The molecule has 0 atom stereocenters. The molecule has 0 aromatic carbocycles. The molecule has 0 aromatic heterocycles. The maximum Gasteiger partial charge on any atom is 0.331 e. The Morgan fingerprint density at radius 2 is 0.917 bits per heavy atom. The summed E-state index contributed by atoms with van der Waals surface area (Å²) in [6.07, 6.45) is 17.7. The maximum atomic E-state index is 10.6. The van der Waals surface area contributed by atoms with E-state index < -0.39 is 11.9 Å². The van der Waals surface area contributed by atoms with E-state index in [1.54, 1.807) is 38.2 Å². The number of aliphatic carboxylic acids is 2. The van der Waals surface area contributed by atoms with Crippen molar-refractivity contribution in [3.63, 3.8) is 0 Å². The smallest absolute Gasteiger partial charge is 0.331 e. The van der Waals surface area contributed by atoms with Crippen LogP contribution in [0.1, 0.15) is 27.7 Å². The van der Waals surface area contributed by atoms with Crippen LogP contribution < -0.4 is 0 Å². The molecule has 0 radical (unpaired) electrons. The van der Waals surface area contributed by atoms with Crippen molar-refractivity contribution in [2.45, 2.75) is 27.7 Å². The van der Waals surface area contributed by atoms with Gasteiger partial charge in [-0.1, -0.05) is 71.9 Å². The van der Waals surface area contributed by atoms with E-state index >= 15 is 0 Å². The van der Waals surface area contributed by atoms with Crippen LogP contribution in [-0.4, -0.2) is 22.2 Å². The van der Waals surface area contributed by atoms with Gasteiger partial charge in [0.25, 0.3) is 0 Å². The summed E-state index contributed by atoms with van der Waals surface area (Å²) in [4.78, 5) is 21.2. The summed E-state index contributed by atoms with van der Waals surface area (Å²) >= 11 is 0. The van der Waals surface area contributed by atoms with E-state index in [0.717, 1.165) is 11.1 Å². The third-order valence-corrected chi connectivity index (χ3v) is 2.91. The highest BCUT2D eigenvalue weighted by Crippen LogP contribution is 2.01. The molecular formula is C20H24O4. The highest BCUT2D eigenvalue weighted by atomic mass is 16.4. The Labute approximate surface area is 143 Å². The molecule has 0 fully saturated rings. The molecule has 0 spiro atoms. The van der Waals surface area contributed by atoms with Gasteiger partial charge < -0.3 is 10.2 Å². The molecule has 4 heteroatoms. The van der Waals surface area contributed by atoms with E-state index in [4.69, 9.17) is 10.2 Å². The van der Waals surface area contributed by atoms with Gasteiger partial charge in [-0.3, -0.25) is 0 Å². The Kier molecular flexibility index (Phi) is 10.3. The minimum absolute atomic E-state index is 0.284. The average Bonchev–Trinajstić information content (AvgIpc) is 2.51. The monoisotopic (exact) mass is 328 g/mol. The number of carbonyl (C=O) groups is 2. The van der Waals surface area contributed by atoms with Crippen molar-refractivity contribution in [2.24, 2.45) is 0 Å². The normalized spacial score (nSPS) is 15.0. The minimum atomic E-state index is -0.928. The predicted molar refractivity (Wildman–Crippen MR) is 97.7 cm³/mol. The minimum Gasteiger partial charge on any atom is -0.478 e. The second-order valence-corrected chi connectivity index (χ2v) is 5.23. The number of rotatable bonds is 8. The van der Waals surface area contributed by atoms with Gasteiger partial charge in [0.1, 0.15) is 0 Å². The zero-order valence-corrected chi connectivity index (χ0v) is 14.5. The Hall–Kier alpha value is -2.88. The van der Waals surface area contributed by atoms with Crippen molar-refractivity contribution in [1.82, 2.24) is 0 Å². The number of hydrogen-bond donors (Lipinski definition) is 2. The predicted octanol–water partition coefficient (Wildman–Crippen LogP) is 4.61. The van der Waals surface area contributed by atoms with Crippen LogP contribution in [0.2, 0.25) is 0 Å². The molecule has 0 unspecified atom stereocenters. The van der Waals surface area contributed by atoms with Gasteiger partial charge in [-0.05, 0) is 27.7 Å². The van der Waals surface area contributed by atoms with Crippen molar-refractivity contribution in [3.8, 4) is 0 Å². The van der Waals surface area contributed by atoms with E-state index in [9.17, 15) is 9.59 Å². The lowest BCUT2D eigenvalue weighted by molar-refractivity contribution is -0.133. The van der Waals surface area contributed by atoms with Crippen LogP contribution in [0, 0.1) is 0 Å². The molecule has 0 saturated carbocycles. The van der Waals surface area contributed by atoms with E-state index in [-0.39, 0.29) is 11.1 Å². The third-order valence-electron chi connectivity index (χ3n) is 2.91. The molecule has 0 bridgehead atoms. The van der Waals surface area contributed by atoms with E-state index in [1.807, 2.05) is 50.3 Å². The standard InChI is InChI=1S/C20H24O4/c1-15(11-7-13-17(3)19(21)22)9-5-6-10-16(2)12-8-14-18(4)20(23)24/h5-14H,1-4H3,(H,21,22)(H,23,24)/b6-5+,11-7+,12-8?,15-9+,16-10?,17-13+,18-14-. The van der Waals surface area contributed by atoms with Crippen LogP contribution in [0.25, 0.3) is 0 Å². The molecule has 0 saturated heterocycles. The molecule has 0 aromatic rings. The summed E-state index contributed by atoms with van der Waals surface area (Å²) in [6.45, 7) is 6.92. The van der Waals surface area contributed by atoms with Crippen molar-refractivity contribution in [2.75, 3.05) is 0 Å². The number of carboxylic acids is 2. The third kappa shape index (κ3) is 10.8. The Morgan fingerprint density at radius 3 is 1.21 bits per heavy atom. The fourth-order valence-corrected chi connectivity index (χ4v) is 1.36. The molecule has 0 amide bonds. The van der Waals surface area contributed by atoms with E-state index in [1.165, 1.54) is 0 Å². The first-order valence-electron chi connectivity index (χ1n) is 7.42. The maximum absolute atomic E-state index is 10.6. The highest BCUT2D eigenvalue weighted by molar-refractivity contribution is 5.86. The van der Waals surface area contributed by atoms with Crippen LogP contribution in [0.15, 0.2) is 83.1 Å². The first kappa shape index (κ1) is 21.1. The quantitative estimate of drug-likeness (QED) is 0.504. The second-order valence-electron chi connectivity index (χ2n) is 5.23. The molecule has 128 valence electrons. The molecule has 0 heterocycles. The lowest BCUT2D eigenvalue weighted by Crippen LogP contribution is -1.94. The zero-order valence-electron chi connectivity index (χ0n) is 14.5. The largest absolute Gasteiger partial charge is 0.478 e. The Balaban J connectivity index is 4.63. The zero-order chi connectivity index (χ0) is 18.5. The Morgan fingerprint density at radius 1 is 0.583 bits per heavy atom. The molecule has 0 aliphatic rings. The van der Waals surface area contributed by atoms with Crippen LogP contribution >= 0.6 is 0 Å². The first-order valence-corrected chi connectivity index (χ1v) is 7.42. The number of carboxylic acid groups (broad SMARTS) is 2. The van der Waals surface area contributed by atoms with Crippen molar-refractivity contribution in [1.29, 1.82) is 0 Å². The van der Waals surface area contributed by atoms with Gasteiger partial charge in [-0.15, -0.1) is 0 Å². The summed E-state index contributed by atoms with van der Waals surface area (Å²) in [5, 5.41) is 17.4. The fraction of sp³-hybridized carbons (Fsp3) is 0.200.